The van der Waals surface area contributed by atoms with Gasteiger partial charge in [0.05, 0.1) is 6.20 Å². The fourth-order valence-electron chi connectivity index (χ4n) is 1.43. The van der Waals surface area contributed by atoms with Gasteiger partial charge in [-0.1, -0.05) is 0 Å². The van der Waals surface area contributed by atoms with Crippen LogP contribution in [0.4, 0.5) is 0 Å². The van der Waals surface area contributed by atoms with E-state index in [1.54, 1.807) is 6.20 Å². The van der Waals surface area contributed by atoms with Crippen LogP contribution in [-0.2, 0) is 13.6 Å². The molecule has 0 saturated heterocycles. The van der Waals surface area contributed by atoms with Gasteiger partial charge >= 0.3 is 0 Å². The zero-order valence-electron chi connectivity index (χ0n) is 8.94. The number of nitrogens with one attached hydrogen (secondary N) is 2. The Kier molecular flexibility index (Phi) is 2.82. The van der Waals surface area contributed by atoms with Crippen molar-refractivity contribution in [1.29, 1.82) is 0 Å². The predicted molar refractivity (Wildman–Crippen MR) is 57.1 cm³/mol. The van der Waals surface area contributed by atoms with Gasteiger partial charge in [0.25, 0.3) is 0 Å². The van der Waals surface area contributed by atoms with Crippen LogP contribution in [0.1, 0.15) is 24.2 Å². The molecule has 15 heavy (non-hydrogen) atoms. The molecule has 0 aliphatic carbocycles. The van der Waals surface area contributed by atoms with Gasteiger partial charge in [-0.2, -0.15) is 10.2 Å². The Labute approximate surface area is 88.5 Å². The Morgan fingerprint density at radius 3 is 3.07 bits per heavy atom. The lowest BCUT2D eigenvalue weighted by molar-refractivity contribution is 0.566. The van der Waals surface area contributed by atoms with E-state index in [0.717, 1.165) is 12.2 Å². The minimum absolute atomic E-state index is 0.294. The minimum atomic E-state index is 0.294. The molecule has 5 heteroatoms. The molecule has 0 spiro atoms. The summed E-state index contributed by atoms with van der Waals surface area (Å²) in [6, 6.07) is 2.25. The Morgan fingerprint density at radius 1 is 1.60 bits per heavy atom. The van der Waals surface area contributed by atoms with Crippen molar-refractivity contribution >= 4 is 0 Å². The maximum absolute atomic E-state index is 4.14. The van der Waals surface area contributed by atoms with E-state index in [9.17, 15) is 0 Å². The van der Waals surface area contributed by atoms with E-state index in [1.165, 1.54) is 5.56 Å². The molecule has 0 fully saturated rings. The highest BCUT2D eigenvalue weighted by molar-refractivity contribution is 5.09. The van der Waals surface area contributed by atoms with Gasteiger partial charge in [0.2, 0.25) is 0 Å². The fourth-order valence-corrected chi connectivity index (χ4v) is 1.43. The summed E-state index contributed by atoms with van der Waals surface area (Å²) in [6.45, 7) is 2.91. The molecule has 2 heterocycles. The van der Waals surface area contributed by atoms with E-state index in [4.69, 9.17) is 0 Å². The number of nitrogens with zero attached hydrogens (tertiary/aromatic N) is 3. The highest BCUT2D eigenvalue weighted by Crippen LogP contribution is 2.10. The van der Waals surface area contributed by atoms with E-state index in [0.29, 0.717) is 6.04 Å². The van der Waals surface area contributed by atoms with Crippen molar-refractivity contribution in [2.45, 2.75) is 19.5 Å². The van der Waals surface area contributed by atoms with E-state index >= 15 is 0 Å². The van der Waals surface area contributed by atoms with Crippen molar-refractivity contribution in [2.75, 3.05) is 0 Å². The topological polar surface area (TPSA) is 58.5 Å². The first-order valence-corrected chi connectivity index (χ1v) is 4.96. The lowest BCUT2D eigenvalue weighted by Crippen LogP contribution is -2.17. The van der Waals surface area contributed by atoms with Crippen LogP contribution in [0.15, 0.2) is 24.7 Å². The average molecular weight is 205 g/mol. The van der Waals surface area contributed by atoms with Crippen molar-refractivity contribution in [3.05, 3.63) is 35.9 Å². The van der Waals surface area contributed by atoms with Crippen LogP contribution in [0.25, 0.3) is 0 Å². The number of hydrogen-bond donors (Lipinski definition) is 2. The van der Waals surface area contributed by atoms with Gasteiger partial charge in [0, 0.05) is 43.3 Å². The largest absolute Gasteiger partial charge is 0.304 e. The van der Waals surface area contributed by atoms with Crippen molar-refractivity contribution in [2.24, 2.45) is 7.05 Å². The van der Waals surface area contributed by atoms with Crippen LogP contribution in [-0.4, -0.2) is 20.0 Å². The van der Waals surface area contributed by atoms with Crippen molar-refractivity contribution < 1.29 is 0 Å². The first kappa shape index (κ1) is 9.92. The van der Waals surface area contributed by atoms with E-state index < -0.39 is 0 Å². The van der Waals surface area contributed by atoms with Gasteiger partial charge in [-0.25, -0.2) is 0 Å². The smallest absolute Gasteiger partial charge is 0.0537 e. The Hall–Kier alpha value is -1.62. The summed E-state index contributed by atoms with van der Waals surface area (Å²) in [5, 5.41) is 14.3. The third-order valence-corrected chi connectivity index (χ3v) is 2.38. The average Bonchev–Trinajstić information content (AvgIpc) is 2.84. The molecular formula is C10H15N5. The Balaban J connectivity index is 1.90. The molecule has 0 radical (unpaired) electrons. The highest BCUT2D eigenvalue weighted by Gasteiger charge is 2.06. The standard InChI is InChI=1S/C10H15N5/c1-8(9-5-13-15(2)7-9)11-6-10-3-4-12-14-10/h3-5,7-8,11H,6H2,1-2H3,(H,12,14). The van der Waals surface area contributed by atoms with Crippen molar-refractivity contribution in [1.82, 2.24) is 25.3 Å². The third kappa shape index (κ3) is 2.44. The minimum Gasteiger partial charge on any atom is -0.304 e. The van der Waals surface area contributed by atoms with Gasteiger partial charge in [-0.3, -0.25) is 9.78 Å². The Morgan fingerprint density at radius 2 is 2.47 bits per heavy atom. The summed E-state index contributed by atoms with van der Waals surface area (Å²) in [5.41, 5.74) is 2.28. The van der Waals surface area contributed by atoms with Crippen LogP contribution < -0.4 is 5.32 Å². The van der Waals surface area contributed by atoms with Crippen molar-refractivity contribution in [3.8, 4) is 0 Å². The van der Waals surface area contributed by atoms with Gasteiger partial charge in [0.1, 0.15) is 0 Å². The summed E-state index contributed by atoms with van der Waals surface area (Å²) in [4.78, 5) is 0. The third-order valence-electron chi connectivity index (χ3n) is 2.38. The second-order valence-corrected chi connectivity index (χ2v) is 3.63. The molecule has 0 saturated carbocycles. The van der Waals surface area contributed by atoms with Crippen LogP contribution >= 0.6 is 0 Å². The molecule has 1 unspecified atom stereocenters. The molecule has 5 nitrogen and oxygen atoms in total. The fraction of sp³-hybridized carbons (Fsp3) is 0.400. The molecule has 2 rings (SSSR count). The normalized spacial score (nSPS) is 12.9. The van der Waals surface area contributed by atoms with Gasteiger partial charge in [-0.15, -0.1) is 0 Å². The summed E-state index contributed by atoms with van der Waals surface area (Å²) in [7, 11) is 1.92. The second-order valence-electron chi connectivity index (χ2n) is 3.63. The van der Waals surface area contributed by atoms with Crippen LogP contribution in [0.3, 0.4) is 0 Å². The molecule has 1 atom stereocenters. The van der Waals surface area contributed by atoms with Crippen LogP contribution in [0.5, 0.6) is 0 Å². The molecule has 0 aromatic carbocycles. The monoisotopic (exact) mass is 205 g/mol. The summed E-state index contributed by atoms with van der Waals surface area (Å²) in [6.07, 6.45) is 5.65. The zero-order chi connectivity index (χ0) is 10.7. The second kappa shape index (κ2) is 4.27. The van der Waals surface area contributed by atoms with Crippen LogP contribution in [0.2, 0.25) is 0 Å². The first-order chi connectivity index (χ1) is 7.25. The van der Waals surface area contributed by atoms with Crippen LogP contribution in [0, 0.1) is 0 Å². The quantitative estimate of drug-likeness (QED) is 0.782. The number of aryl methyl sites for hydroxylation is 1. The predicted octanol–water partition coefficient (Wildman–Crippen LogP) is 0.994. The molecule has 0 aliphatic heterocycles. The number of rotatable bonds is 4. The van der Waals surface area contributed by atoms with E-state index in [2.05, 4.69) is 27.5 Å². The van der Waals surface area contributed by atoms with Gasteiger partial charge < -0.3 is 5.32 Å². The number of hydrogen-bond acceptors (Lipinski definition) is 3. The molecule has 0 amide bonds. The molecule has 2 aromatic heterocycles. The van der Waals surface area contributed by atoms with Gasteiger partial charge in [0.15, 0.2) is 0 Å². The number of H-pyrrole nitrogens is 1. The SMILES string of the molecule is CC(NCc1ccn[nH]1)c1cnn(C)c1. The maximum atomic E-state index is 4.14. The lowest BCUT2D eigenvalue weighted by Gasteiger charge is -2.10. The highest BCUT2D eigenvalue weighted by atomic mass is 15.2. The molecule has 80 valence electrons. The maximum Gasteiger partial charge on any atom is 0.0537 e. The van der Waals surface area contributed by atoms with Crippen molar-refractivity contribution in [3.63, 3.8) is 0 Å². The first-order valence-electron chi connectivity index (χ1n) is 4.96. The molecular weight excluding hydrogens is 190 g/mol. The molecule has 2 aromatic rings. The molecule has 0 aliphatic rings. The number of aromatic nitrogens is 4. The van der Waals surface area contributed by atoms with E-state index in [-0.39, 0.29) is 0 Å². The zero-order valence-corrected chi connectivity index (χ0v) is 8.94. The summed E-state index contributed by atoms with van der Waals surface area (Å²) in [5.74, 6) is 0. The lowest BCUT2D eigenvalue weighted by atomic mass is 10.2. The molecule has 0 bridgehead atoms. The summed E-state index contributed by atoms with van der Waals surface area (Å²) >= 11 is 0. The number of aromatic amines is 1. The molecule has 2 N–H and O–H groups in total. The Bertz CT molecular complexity index is 403. The van der Waals surface area contributed by atoms with Gasteiger partial charge in [-0.05, 0) is 13.0 Å². The summed E-state index contributed by atoms with van der Waals surface area (Å²) < 4.78 is 1.81. The van der Waals surface area contributed by atoms with E-state index in [1.807, 2.05) is 30.2 Å².